The first kappa shape index (κ1) is 14.7. The van der Waals surface area contributed by atoms with E-state index in [2.05, 4.69) is 10.2 Å². The van der Waals surface area contributed by atoms with Crippen LogP contribution in [0, 0.1) is 0 Å². The van der Waals surface area contributed by atoms with Gasteiger partial charge in [-0.3, -0.25) is 9.69 Å². The Hall–Kier alpha value is -1.26. The Bertz CT molecular complexity index is 542. The summed E-state index contributed by atoms with van der Waals surface area (Å²) in [7, 11) is 3.52. The molecule has 1 atom stereocenters. The molecule has 1 saturated carbocycles. The molecule has 114 valence electrons. The number of amides is 1. The molecule has 1 unspecified atom stereocenters. The summed E-state index contributed by atoms with van der Waals surface area (Å²) < 4.78 is 0. The molecule has 1 saturated heterocycles. The van der Waals surface area contributed by atoms with Crippen LogP contribution in [0.5, 0.6) is 0 Å². The Morgan fingerprint density at radius 3 is 2.76 bits per heavy atom. The van der Waals surface area contributed by atoms with Gasteiger partial charge in [0, 0.05) is 44.8 Å². The van der Waals surface area contributed by atoms with E-state index in [1.807, 2.05) is 6.07 Å². The molecule has 1 aromatic carbocycles. The van der Waals surface area contributed by atoms with E-state index in [-0.39, 0.29) is 5.91 Å². The maximum atomic E-state index is 12.0. The molecule has 21 heavy (non-hydrogen) atoms. The van der Waals surface area contributed by atoms with Gasteiger partial charge in [-0.1, -0.05) is 11.6 Å². The lowest BCUT2D eigenvalue weighted by Gasteiger charge is -2.18. The predicted octanol–water partition coefficient (Wildman–Crippen LogP) is 2.69. The molecule has 0 bridgehead atoms. The minimum absolute atomic E-state index is 0.000690. The Labute approximate surface area is 131 Å². The van der Waals surface area contributed by atoms with Gasteiger partial charge in [0.05, 0.1) is 10.7 Å². The lowest BCUT2D eigenvalue weighted by Crippen LogP contribution is -2.28. The largest absolute Gasteiger partial charge is 0.380 e. The number of carbonyl (C=O) groups is 1. The van der Waals surface area contributed by atoms with Crippen molar-refractivity contribution in [1.29, 1.82) is 0 Å². The summed E-state index contributed by atoms with van der Waals surface area (Å²) in [6.07, 6.45) is 3.83. The first-order valence-corrected chi connectivity index (χ1v) is 7.94. The van der Waals surface area contributed by atoms with Crippen molar-refractivity contribution in [2.75, 3.05) is 32.5 Å². The van der Waals surface area contributed by atoms with E-state index >= 15 is 0 Å². The molecular weight excluding hydrogens is 286 g/mol. The van der Waals surface area contributed by atoms with Gasteiger partial charge in [-0.05, 0) is 37.5 Å². The number of nitrogens with zero attached hydrogens (tertiary/aromatic N) is 2. The first-order valence-electron chi connectivity index (χ1n) is 7.56. The molecular formula is C16H22ClN3O. The highest BCUT2D eigenvalue weighted by molar-refractivity contribution is 6.33. The zero-order chi connectivity index (χ0) is 15.0. The number of likely N-dealkylation sites (tertiary alicyclic amines) is 1. The van der Waals surface area contributed by atoms with Crippen LogP contribution >= 0.6 is 11.6 Å². The average Bonchev–Trinajstić information content (AvgIpc) is 3.21. The zero-order valence-corrected chi connectivity index (χ0v) is 13.4. The van der Waals surface area contributed by atoms with Crippen molar-refractivity contribution in [3.63, 3.8) is 0 Å². The number of hydrogen-bond acceptors (Lipinski definition) is 3. The fraction of sp³-hybridized carbons (Fsp3) is 0.562. The van der Waals surface area contributed by atoms with E-state index in [1.165, 1.54) is 12.8 Å². The van der Waals surface area contributed by atoms with Crippen LogP contribution in [0.4, 0.5) is 5.69 Å². The van der Waals surface area contributed by atoms with E-state index < -0.39 is 0 Å². The van der Waals surface area contributed by atoms with Gasteiger partial charge in [-0.15, -0.1) is 0 Å². The smallest absolute Gasteiger partial charge is 0.253 e. The van der Waals surface area contributed by atoms with Gasteiger partial charge in [0.2, 0.25) is 0 Å². The van der Waals surface area contributed by atoms with Gasteiger partial charge in [0.15, 0.2) is 0 Å². The SMILES string of the molecule is CN(C)C(=O)c1ccc(Cl)c(NC2CCN(C3CC3)C2)c1. The Morgan fingerprint density at radius 2 is 2.10 bits per heavy atom. The minimum Gasteiger partial charge on any atom is -0.380 e. The summed E-state index contributed by atoms with van der Waals surface area (Å²) in [4.78, 5) is 16.2. The molecule has 4 nitrogen and oxygen atoms in total. The highest BCUT2D eigenvalue weighted by atomic mass is 35.5. The number of rotatable bonds is 4. The highest BCUT2D eigenvalue weighted by Crippen LogP contribution is 2.32. The lowest BCUT2D eigenvalue weighted by molar-refractivity contribution is 0.0827. The summed E-state index contributed by atoms with van der Waals surface area (Å²) in [6, 6.07) is 6.68. The third-order valence-corrected chi connectivity index (χ3v) is 4.59. The van der Waals surface area contributed by atoms with Crippen LogP contribution in [0.25, 0.3) is 0 Å². The molecule has 1 aliphatic heterocycles. The molecule has 2 aliphatic rings. The highest BCUT2D eigenvalue weighted by Gasteiger charge is 2.34. The summed E-state index contributed by atoms with van der Waals surface area (Å²) in [5.74, 6) is 0.000690. The summed E-state index contributed by atoms with van der Waals surface area (Å²) >= 11 is 6.27. The van der Waals surface area contributed by atoms with Crippen molar-refractivity contribution >= 4 is 23.2 Å². The molecule has 1 aliphatic carbocycles. The monoisotopic (exact) mass is 307 g/mol. The molecule has 0 radical (unpaired) electrons. The van der Waals surface area contributed by atoms with Crippen molar-refractivity contribution in [3.05, 3.63) is 28.8 Å². The van der Waals surface area contributed by atoms with Crippen molar-refractivity contribution in [3.8, 4) is 0 Å². The molecule has 2 fully saturated rings. The number of anilines is 1. The molecule has 1 aromatic rings. The zero-order valence-electron chi connectivity index (χ0n) is 12.6. The second-order valence-electron chi connectivity index (χ2n) is 6.25. The third kappa shape index (κ3) is 3.33. The van der Waals surface area contributed by atoms with Crippen LogP contribution in [-0.2, 0) is 0 Å². The van der Waals surface area contributed by atoms with Crippen LogP contribution < -0.4 is 5.32 Å². The van der Waals surface area contributed by atoms with Crippen LogP contribution in [0.2, 0.25) is 5.02 Å². The number of benzene rings is 1. The van der Waals surface area contributed by atoms with E-state index in [9.17, 15) is 4.79 Å². The summed E-state index contributed by atoms with van der Waals surface area (Å²) in [5.41, 5.74) is 1.54. The number of halogens is 1. The average molecular weight is 308 g/mol. The van der Waals surface area contributed by atoms with Gasteiger partial charge in [-0.25, -0.2) is 0 Å². The van der Waals surface area contributed by atoms with Gasteiger partial charge in [-0.2, -0.15) is 0 Å². The van der Waals surface area contributed by atoms with Gasteiger partial charge >= 0.3 is 0 Å². The molecule has 0 aromatic heterocycles. The van der Waals surface area contributed by atoms with Crippen LogP contribution in [0.3, 0.4) is 0 Å². The van der Waals surface area contributed by atoms with Crippen LogP contribution in [-0.4, -0.2) is 55.0 Å². The fourth-order valence-corrected chi connectivity index (χ4v) is 3.10. The van der Waals surface area contributed by atoms with Crippen molar-refractivity contribution in [2.45, 2.75) is 31.3 Å². The Balaban J connectivity index is 1.69. The molecule has 1 N–H and O–H groups in total. The summed E-state index contributed by atoms with van der Waals surface area (Å²) in [5, 5.41) is 4.19. The molecule has 3 rings (SSSR count). The minimum atomic E-state index is 0.000690. The first-order chi connectivity index (χ1) is 10.0. The molecule has 1 amide bonds. The summed E-state index contributed by atoms with van der Waals surface area (Å²) in [6.45, 7) is 2.24. The second kappa shape index (κ2) is 5.85. The molecule has 5 heteroatoms. The number of nitrogens with one attached hydrogen (secondary N) is 1. The van der Waals surface area contributed by atoms with Crippen LogP contribution in [0.1, 0.15) is 29.6 Å². The second-order valence-corrected chi connectivity index (χ2v) is 6.66. The van der Waals surface area contributed by atoms with Gasteiger partial charge in [0.1, 0.15) is 0 Å². The number of hydrogen-bond donors (Lipinski definition) is 1. The van der Waals surface area contributed by atoms with Crippen molar-refractivity contribution in [1.82, 2.24) is 9.80 Å². The maximum Gasteiger partial charge on any atom is 0.253 e. The van der Waals surface area contributed by atoms with E-state index in [0.717, 1.165) is 31.2 Å². The molecule has 1 heterocycles. The predicted molar refractivity (Wildman–Crippen MR) is 86.1 cm³/mol. The van der Waals surface area contributed by atoms with Crippen molar-refractivity contribution in [2.24, 2.45) is 0 Å². The van der Waals surface area contributed by atoms with E-state index in [0.29, 0.717) is 16.6 Å². The van der Waals surface area contributed by atoms with Gasteiger partial charge < -0.3 is 10.2 Å². The fourth-order valence-electron chi connectivity index (χ4n) is 2.92. The lowest BCUT2D eigenvalue weighted by atomic mass is 10.1. The van der Waals surface area contributed by atoms with E-state index in [4.69, 9.17) is 11.6 Å². The number of carbonyl (C=O) groups excluding carboxylic acids is 1. The van der Waals surface area contributed by atoms with Crippen molar-refractivity contribution < 1.29 is 4.79 Å². The maximum absolute atomic E-state index is 12.0. The Morgan fingerprint density at radius 1 is 1.33 bits per heavy atom. The third-order valence-electron chi connectivity index (χ3n) is 4.26. The normalized spacial score (nSPS) is 22.3. The topological polar surface area (TPSA) is 35.6 Å². The quantitative estimate of drug-likeness (QED) is 0.929. The molecule has 0 spiro atoms. The van der Waals surface area contributed by atoms with E-state index in [1.54, 1.807) is 31.1 Å². The Kier molecular flexibility index (Phi) is 4.09. The van der Waals surface area contributed by atoms with Gasteiger partial charge in [0.25, 0.3) is 5.91 Å². The van der Waals surface area contributed by atoms with Crippen LogP contribution in [0.15, 0.2) is 18.2 Å². The standard InChI is InChI=1S/C16H22ClN3O/c1-19(2)16(21)11-3-6-14(17)15(9-11)18-12-7-8-20(10-12)13-4-5-13/h3,6,9,12-13,18H,4-5,7-8,10H2,1-2H3.